The van der Waals surface area contributed by atoms with Crippen molar-refractivity contribution in [1.82, 2.24) is 15.3 Å². The predicted molar refractivity (Wildman–Crippen MR) is 78.6 cm³/mol. The van der Waals surface area contributed by atoms with Gasteiger partial charge in [0.2, 0.25) is 0 Å². The molecule has 0 spiro atoms. The van der Waals surface area contributed by atoms with Crippen LogP contribution in [0.3, 0.4) is 0 Å². The highest BCUT2D eigenvalue weighted by Crippen LogP contribution is 2.34. The Balaban J connectivity index is 2.05. The number of carbonyl (C=O) groups excluding carboxylic acids is 1. The summed E-state index contributed by atoms with van der Waals surface area (Å²) in [6, 6.07) is 5.86. The van der Waals surface area contributed by atoms with E-state index in [1.54, 1.807) is 12.4 Å². The molecule has 20 heavy (non-hydrogen) atoms. The van der Waals surface area contributed by atoms with Crippen molar-refractivity contribution in [2.75, 3.05) is 6.54 Å². The second-order valence-electron chi connectivity index (χ2n) is 5.45. The summed E-state index contributed by atoms with van der Waals surface area (Å²) in [5.41, 5.74) is 3.91. The molecule has 1 aliphatic rings. The number of amides is 1. The zero-order valence-electron chi connectivity index (χ0n) is 11.8. The van der Waals surface area contributed by atoms with Gasteiger partial charge in [-0.15, -0.1) is 0 Å². The lowest BCUT2D eigenvalue weighted by atomic mass is 9.85. The molecule has 1 aliphatic heterocycles. The Morgan fingerprint density at radius 2 is 2.15 bits per heavy atom. The van der Waals surface area contributed by atoms with Crippen molar-refractivity contribution in [2.45, 2.75) is 26.2 Å². The van der Waals surface area contributed by atoms with E-state index >= 15 is 0 Å². The second-order valence-corrected chi connectivity index (χ2v) is 5.45. The lowest BCUT2D eigenvalue weighted by molar-refractivity contribution is 0.0934. The van der Waals surface area contributed by atoms with E-state index in [2.05, 4.69) is 29.1 Å². The molecule has 1 amide bonds. The minimum absolute atomic E-state index is 0.0242. The van der Waals surface area contributed by atoms with Crippen molar-refractivity contribution >= 4 is 5.91 Å². The maximum absolute atomic E-state index is 12.0. The van der Waals surface area contributed by atoms with Crippen LogP contribution in [0.5, 0.6) is 0 Å². The molecule has 2 unspecified atom stereocenters. The molecule has 2 atom stereocenters. The third-order valence-electron chi connectivity index (χ3n) is 4.27. The van der Waals surface area contributed by atoms with Gasteiger partial charge in [0.25, 0.3) is 5.91 Å². The van der Waals surface area contributed by atoms with Crippen LogP contribution in [-0.2, 0) is 0 Å². The van der Waals surface area contributed by atoms with Crippen LogP contribution in [0.15, 0.2) is 30.6 Å². The number of nitrogens with zero attached hydrogens (tertiary/aromatic N) is 1. The van der Waals surface area contributed by atoms with Gasteiger partial charge >= 0.3 is 0 Å². The predicted octanol–water partition coefficient (Wildman–Crippen LogP) is 2.95. The highest BCUT2D eigenvalue weighted by atomic mass is 16.1. The first-order valence-corrected chi connectivity index (χ1v) is 7.12. The Bertz CT molecular complexity index is 618. The van der Waals surface area contributed by atoms with E-state index in [0.717, 1.165) is 35.5 Å². The zero-order chi connectivity index (χ0) is 14.1. The maximum Gasteiger partial charge on any atom is 0.253 e. The third kappa shape index (κ3) is 2.11. The van der Waals surface area contributed by atoms with Gasteiger partial charge in [0.05, 0.1) is 5.56 Å². The van der Waals surface area contributed by atoms with Gasteiger partial charge in [-0.25, -0.2) is 0 Å². The Morgan fingerprint density at radius 3 is 2.85 bits per heavy atom. The van der Waals surface area contributed by atoms with E-state index in [4.69, 9.17) is 0 Å². The number of H-pyrrole nitrogens is 1. The molecule has 0 aliphatic carbocycles. The van der Waals surface area contributed by atoms with Crippen molar-refractivity contribution in [2.24, 2.45) is 5.92 Å². The van der Waals surface area contributed by atoms with Crippen LogP contribution >= 0.6 is 0 Å². The van der Waals surface area contributed by atoms with Crippen LogP contribution in [0, 0.1) is 5.92 Å². The second kappa shape index (κ2) is 5.12. The number of aromatic amines is 1. The van der Waals surface area contributed by atoms with Crippen LogP contribution in [0.1, 0.15) is 42.2 Å². The van der Waals surface area contributed by atoms with Crippen molar-refractivity contribution in [1.29, 1.82) is 0 Å². The minimum atomic E-state index is 0.0242. The Labute approximate surface area is 118 Å². The molecule has 104 valence electrons. The molecule has 2 aromatic heterocycles. The Morgan fingerprint density at radius 1 is 1.40 bits per heavy atom. The molecule has 0 saturated carbocycles. The summed E-state index contributed by atoms with van der Waals surface area (Å²) in [6.07, 6.45) is 4.63. The number of aromatic nitrogens is 2. The van der Waals surface area contributed by atoms with E-state index in [1.165, 1.54) is 0 Å². The fraction of sp³-hybridized carbons (Fsp3) is 0.375. The van der Waals surface area contributed by atoms with E-state index in [9.17, 15) is 4.79 Å². The molecule has 0 radical (unpaired) electrons. The molecular weight excluding hydrogens is 250 g/mol. The van der Waals surface area contributed by atoms with Gasteiger partial charge < -0.3 is 10.3 Å². The molecule has 0 bridgehead atoms. The molecule has 2 N–H and O–H groups in total. The molecule has 2 aromatic rings. The van der Waals surface area contributed by atoms with Crippen molar-refractivity contribution in [3.63, 3.8) is 0 Å². The van der Waals surface area contributed by atoms with Gasteiger partial charge in [-0.3, -0.25) is 9.78 Å². The number of hydrogen-bond donors (Lipinski definition) is 2. The lowest BCUT2D eigenvalue weighted by Crippen LogP contribution is -2.36. The molecule has 4 heteroatoms. The quantitative estimate of drug-likeness (QED) is 0.900. The molecular formula is C16H19N3O. The van der Waals surface area contributed by atoms with Gasteiger partial charge in [-0.1, -0.05) is 20.3 Å². The average Bonchev–Trinajstić information content (AvgIpc) is 2.94. The van der Waals surface area contributed by atoms with Crippen LogP contribution in [0.2, 0.25) is 0 Å². The number of hydrogen-bond acceptors (Lipinski definition) is 2. The molecule has 0 fully saturated rings. The van der Waals surface area contributed by atoms with Gasteiger partial charge in [0.15, 0.2) is 0 Å². The summed E-state index contributed by atoms with van der Waals surface area (Å²) in [6.45, 7) is 5.14. The normalized spacial score (nSPS) is 19.3. The fourth-order valence-corrected chi connectivity index (χ4v) is 2.81. The monoisotopic (exact) mass is 269 g/mol. The zero-order valence-corrected chi connectivity index (χ0v) is 11.8. The minimum Gasteiger partial charge on any atom is -0.357 e. The van der Waals surface area contributed by atoms with Gasteiger partial charge in [-0.2, -0.15) is 0 Å². The first-order valence-electron chi connectivity index (χ1n) is 7.12. The first kappa shape index (κ1) is 12.9. The molecule has 4 nitrogen and oxygen atoms in total. The van der Waals surface area contributed by atoms with Crippen molar-refractivity contribution < 1.29 is 4.79 Å². The number of fused-ring (bicyclic) bond motifs is 1. The van der Waals surface area contributed by atoms with E-state index in [0.29, 0.717) is 11.8 Å². The van der Waals surface area contributed by atoms with Crippen molar-refractivity contribution in [3.05, 3.63) is 41.9 Å². The first-order chi connectivity index (χ1) is 9.70. The highest BCUT2D eigenvalue weighted by molar-refractivity contribution is 5.98. The van der Waals surface area contributed by atoms with E-state index in [-0.39, 0.29) is 5.91 Å². The van der Waals surface area contributed by atoms with Crippen LogP contribution < -0.4 is 5.32 Å². The number of rotatable bonds is 3. The summed E-state index contributed by atoms with van der Waals surface area (Å²) in [7, 11) is 0. The average molecular weight is 269 g/mol. The summed E-state index contributed by atoms with van der Waals surface area (Å²) >= 11 is 0. The van der Waals surface area contributed by atoms with Gasteiger partial charge in [0, 0.05) is 41.8 Å². The summed E-state index contributed by atoms with van der Waals surface area (Å²) in [5.74, 6) is 0.928. The van der Waals surface area contributed by atoms with E-state index < -0.39 is 0 Å². The van der Waals surface area contributed by atoms with Crippen LogP contribution in [-0.4, -0.2) is 22.4 Å². The summed E-state index contributed by atoms with van der Waals surface area (Å²) in [4.78, 5) is 19.5. The maximum atomic E-state index is 12.0. The molecule has 0 aromatic carbocycles. The van der Waals surface area contributed by atoms with Gasteiger partial charge in [0.1, 0.15) is 0 Å². The SMILES string of the molecule is CCC(C)C1CNC(=O)c2cc(-c3ccncc3)[nH]c21. The van der Waals surface area contributed by atoms with Gasteiger partial charge in [-0.05, 0) is 24.1 Å². The summed E-state index contributed by atoms with van der Waals surface area (Å²) < 4.78 is 0. The van der Waals surface area contributed by atoms with Crippen molar-refractivity contribution in [3.8, 4) is 11.3 Å². The Kier molecular flexibility index (Phi) is 3.30. The largest absolute Gasteiger partial charge is 0.357 e. The smallest absolute Gasteiger partial charge is 0.253 e. The number of carbonyl (C=O) groups is 1. The fourth-order valence-electron chi connectivity index (χ4n) is 2.81. The third-order valence-corrected chi connectivity index (χ3v) is 4.27. The number of pyridine rings is 1. The molecule has 0 saturated heterocycles. The highest BCUT2D eigenvalue weighted by Gasteiger charge is 2.30. The Hall–Kier alpha value is -2.10. The van der Waals surface area contributed by atoms with E-state index in [1.807, 2.05) is 18.2 Å². The molecule has 3 heterocycles. The molecule has 3 rings (SSSR count). The number of nitrogens with one attached hydrogen (secondary N) is 2. The standard InChI is InChI=1S/C16H19N3O/c1-3-10(2)13-9-18-16(20)12-8-14(19-15(12)13)11-4-6-17-7-5-11/h4-8,10,13,19H,3,9H2,1-2H3,(H,18,20). The van der Waals surface area contributed by atoms with Crippen LogP contribution in [0.25, 0.3) is 11.3 Å². The topological polar surface area (TPSA) is 57.8 Å². The summed E-state index contributed by atoms with van der Waals surface area (Å²) in [5, 5.41) is 3.00. The van der Waals surface area contributed by atoms with Crippen LogP contribution in [0.4, 0.5) is 0 Å². The lowest BCUT2D eigenvalue weighted by Gasteiger charge is -2.27.